The standard InChI is InChI=1S/C23H31N3O/c1-25-16-18-26(19-17-25)22-12-9-21(10-13-22)8-5-15-24-23(27)14-11-20-6-3-2-4-7-20/h2-4,6-7,9-10,12-13H,5,8,11,14-19H2,1H3,(H,24,27). The molecule has 1 aliphatic heterocycles. The minimum atomic E-state index is 0.143. The van der Waals surface area contributed by atoms with Crippen LogP contribution in [-0.2, 0) is 17.6 Å². The lowest BCUT2D eigenvalue weighted by molar-refractivity contribution is -0.121. The predicted octanol–water partition coefficient (Wildman–Crippen LogP) is 3.12. The number of likely N-dealkylation sites (N-methyl/N-ethyl adjacent to an activating group) is 1. The summed E-state index contributed by atoms with van der Waals surface area (Å²) in [4.78, 5) is 16.8. The van der Waals surface area contributed by atoms with Gasteiger partial charge in [-0.05, 0) is 49.6 Å². The molecule has 2 aromatic carbocycles. The molecule has 1 heterocycles. The van der Waals surface area contributed by atoms with Crippen LogP contribution in [-0.4, -0.2) is 50.6 Å². The zero-order valence-electron chi connectivity index (χ0n) is 16.4. The summed E-state index contributed by atoms with van der Waals surface area (Å²) < 4.78 is 0. The topological polar surface area (TPSA) is 35.6 Å². The SMILES string of the molecule is CN1CCN(c2ccc(CCCNC(=O)CCc3ccccc3)cc2)CC1. The molecule has 1 N–H and O–H groups in total. The van der Waals surface area contributed by atoms with Gasteiger partial charge in [0, 0.05) is 44.8 Å². The van der Waals surface area contributed by atoms with Crippen LogP contribution >= 0.6 is 0 Å². The first-order valence-corrected chi connectivity index (χ1v) is 10.0. The van der Waals surface area contributed by atoms with E-state index in [2.05, 4.69) is 58.6 Å². The van der Waals surface area contributed by atoms with E-state index in [1.165, 1.54) is 16.8 Å². The number of aryl methyl sites for hydroxylation is 2. The third-order valence-corrected chi connectivity index (χ3v) is 5.25. The second kappa shape index (κ2) is 10.1. The van der Waals surface area contributed by atoms with E-state index in [-0.39, 0.29) is 5.91 Å². The molecule has 4 nitrogen and oxygen atoms in total. The number of amides is 1. The molecule has 0 unspecified atom stereocenters. The summed E-state index contributed by atoms with van der Waals surface area (Å²) in [5, 5.41) is 3.04. The Bertz CT molecular complexity index is 691. The van der Waals surface area contributed by atoms with Crippen LogP contribution in [0.1, 0.15) is 24.0 Å². The Kier molecular flexibility index (Phi) is 7.28. The molecule has 0 saturated carbocycles. The van der Waals surface area contributed by atoms with Gasteiger partial charge in [0.15, 0.2) is 0 Å². The Morgan fingerprint density at radius 1 is 0.889 bits per heavy atom. The molecule has 1 fully saturated rings. The van der Waals surface area contributed by atoms with Crippen LogP contribution in [0.25, 0.3) is 0 Å². The number of rotatable bonds is 8. The van der Waals surface area contributed by atoms with Crippen LogP contribution < -0.4 is 10.2 Å². The van der Waals surface area contributed by atoms with E-state index >= 15 is 0 Å². The lowest BCUT2D eigenvalue weighted by Gasteiger charge is -2.34. The molecule has 1 saturated heterocycles. The zero-order chi connectivity index (χ0) is 18.9. The van der Waals surface area contributed by atoms with Gasteiger partial charge in [-0.1, -0.05) is 42.5 Å². The number of carbonyl (C=O) groups is 1. The van der Waals surface area contributed by atoms with Crippen LogP contribution in [0, 0.1) is 0 Å². The van der Waals surface area contributed by atoms with Crippen molar-refractivity contribution in [3.63, 3.8) is 0 Å². The van der Waals surface area contributed by atoms with Gasteiger partial charge in [-0.2, -0.15) is 0 Å². The molecule has 1 aliphatic rings. The predicted molar refractivity (Wildman–Crippen MR) is 112 cm³/mol. The smallest absolute Gasteiger partial charge is 0.220 e. The molecular formula is C23H31N3O. The number of benzene rings is 2. The third-order valence-electron chi connectivity index (χ3n) is 5.25. The average molecular weight is 366 g/mol. The van der Waals surface area contributed by atoms with Crippen molar-refractivity contribution < 1.29 is 4.79 Å². The first-order valence-electron chi connectivity index (χ1n) is 10.0. The van der Waals surface area contributed by atoms with Gasteiger partial charge in [0.25, 0.3) is 0 Å². The molecule has 0 bridgehead atoms. The van der Waals surface area contributed by atoms with Gasteiger partial charge in [0.1, 0.15) is 0 Å². The Labute approximate surface area is 163 Å². The molecule has 1 amide bonds. The molecule has 2 aromatic rings. The highest BCUT2D eigenvalue weighted by Crippen LogP contribution is 2.17. The van der Waals surface area contributed by atoms with Gasteiger partial charge in [0.2, 0.25) is 5.91 Å². The Balaban J connectivity index is 1.32. The van der Waals surface area contributed by atoms with E-state index in [0.717, 1.165) is 52.0 Å². The summed E-state index contributed by atoms with van der Waals surface area (Å²) in [6.45, 7) is 5.21. The summed E-state index contributed by atoms with van der Waals surface area (Å²) in [6.07, 6.45) is 3.34. The number of nitrogens with zero attached hydrogens (tertiary/aromatic N) is 2. The Morgan fingerprint density at radius 3 is 2.26 bits per heavy atom. The van der Waals surface area contributed by atoms with Gasteiger partial charge in [-0.15, -0.1) is 0 Å². The normalized spacial score (nSPS) is 14.9. The minimum Gasteiger partial charge on any atom is -0.369 e. The van der Waals surface area contributed by atoms with Crippen molar-refractivity contribution in [2.24, 2.45) is 0 Å². The molecule has 0 aliphatic carbocycles. The van der Waals surface area contributed by atoms with E-state index in [4.69, 9.17) is 0 Å². The van der Waals surface area contributed by atoms with Crippen LogP contribution in [0.15, 0.2) is 54.6 Å². The summed E-state index contributed by atoms with van der Waals surface area (Å²) in [6, 6.07) is 19.1. The van der Waals surface area contributed by atoms with Crippen molar-refractivity contribution >= 4 is 11.6 Å². The number of piperazine rings is 1. The number of hydrogen-bond acceptors (Lipinski definition) is 3. The summed E-state index contributed by atoms with van der Waals surface area (Å²) in [5.41, 5.74) is 3.88. The first kappa shape index (κ1) is 19.4. The lowest BCUT2D eigenvalue weighted by atomic mass is 10.1. The van der Waals surface area contributed by atoms with Gasteiger partial charge < -0.3 is 15.1 Å². The monoisotopic (exact) mass is 365 g/mol. The van der Waals surface area contributed by atoms with Crippen LogP contribution in [0.5, 0.6) is 0 Å². The second-order valence-corrected chi connectivity index (χ2v) is 7.40. The fraction of sp³-hybridized carbons (Fsp3) is 0.435. The maximum absolute atomic E-state index is 12.0. The molecule has 27 heavy (non-hydrogen) atoms. The Hall–Kier alpha value is -2.33. The highest BCUT2D eigenvalue weighted by atomic mass is 16.1. The van der Waals surface area contributed by atoms with Crippen molar-refractivity contribution in [3.8, 4) is 0 Å². The number of hydrogen-bond donors (Lipinski definition) is 1. The largest absolute Gasteiger partial charge is 0.369 e. The fourth-order valence-corrected chi connectivity index (χ4v) is 3.45. The quantitative estimate of drug-likeness (QED) is 0.730. The molecular weight excluding hydrogens is 334 g/mol. The minimum absolute atomic E-state index is 0.143. The van der Waals surface area contributed by atoms with E-state index < -0.39 is 0 Å². The molecule has 144 valence electrons. The van der Waals surface area contributed by atoms with Crippen LogP contribution in [0.3, 0.4) is 0 Å². The summed E-state index contributed by atoms with van der Waals surface area (Å²) in [7, 11) is 2.18. The van der Waals surface area contributed by atoms with Gasteiger partial charge >= 0.3 is 0 Å². The van der Waals surface area contributed by atoms with Crippen LogP contribution in [0.4, 0.5) is 5.69 Å². The Morgan fingerprint density at radius 2 is 1.56 bits per heavy atom. The fourth-order valence-electron chi connectivity index (χ4n) is 3.45. The molecule has 0 atom stereocenters. The third kappa shape index (κ3) is 6.40. The highest BCUT2D eigenvalue weighted by molar-refractivity contribution is 5.76. The summed E-state index contributed by atoms with van der Waals surface area (Å²) >= 11 is 0. The van der Waals surface area contributed by atoms with E-state index in [1.807, 2.05) is 18.2 Å². The van der Waals surface area contributed by atoms with E-state index in [9.17, 15) is 4.79 Å². The average Bonchev–Trinajstić information content (AvgIpc) is 2.71. The molecule has 3 rings (SSSR count). The number of nitrogens with one attached hydrogen (secondary N) is 1. The van der Waals surface area contributed by atoms with Gasteiger partial charge in [-0.25, -0.2) is 0 Å². The van der Waals surface area contributed by atoms with Gasteiger partial charge in [0.05, 0.1) is 0 Å². The lowest BCUT2D eigenvalue weighted by Crippen LogP contribution is -2.44. The summed E-state index contributed by atoms with van der Waals surface area (Å²) in [5.74, 6) is 0.143. The van der Waals surface area contributed by atoms with E-state index in [1.54, 1.807) is 0 Å². The molecule has 0 radical (unpaired) electrons. The van der Waals surface area contributed by atoms with Crippen molar-refractivity contribution in [2.45, 2.75) is 25.7 Å². The first-order chi connectivity index (χ1) is 13.2. The number of carbonyl (C=O) groups excluding carboxylic acids is 1. The van der Waals surface area contributed by atoms with Crippen molar-refractivity contribution in [1.82, 2.24) is 10.2 Å². The number of anilines is 1. The zero-order valence-corrected chi connectivity index (χ0v) is 16.4. The van der Waals surface area contributed by atoms with Crippen LogP contribution in [0.2, 0.25) is 0 Å². The van der Waals surface area contributed by atoms with Gasteiger partial charge in [-0.3, -0.25) is 4.79 Å². The van der Waals surface area contributed by atoms with Crippen molar-refractivity contribution in [1.29, 1.82) is 0 Å². The second-order valence-electron chi connectivity index (χ2n) is 7.40. The molecule has 4 heteroatoms. The van der Waals surface area contributed by atoms with E-state index in [0.29, 0.717) is 6.42 Å². The molecule has 0 spiro atoms. The van der Waals surface area contributed by atoms with Crippen molar-refractivity contribution in [2.75, 3.05) is 44.7 Å². The maximum atomic E-state index is 12.0. The van der Waals surface area contributed by atoms with Crippen molar-refractivity contribution in [3.05, 3.63) is 65.7 Å². The maximum Gasteiger partial charge on any atom is 0.220 e. The highest BCUT2D eigenvalue weighted by Gasteiger charge is 2.13. The molecule has 0 aromatic heterocycles.